The van der Waals surface area contributed by atoms with Crippen LogP contribution in [-0.2, 0) is 11.2 Å². The van der Waals surface area contributed by atoms with Crippen molar-refractivity contribution in [2.75, 3.05) is 6.54 Å². The monoisotopic (exact) mass is 211 g/mol. The summed E-state index contributed by atoms with van der Waals surface area (Å²) in [6.07, 6.45) is 4.01. The molecular weight excluding hydrogens is 194 g/mol. The number of carboxylic acid groups (broad SMARTS) is 1. The van der Waals surface area contributed by atoms with E-state index in [1.165, 1.54) is 0 Å². The van der Waals surface area contributed by atoms with E-state index in [9.17, 15) is 4.79 Å². The fraction of sp³-hybridized carbons (Fsp3) is 0.600. The normalized spacial score (nSPS) is 13.1. The van der Waals surface area contributed by atoms with Gasteiger partial charge in [0.05, 0.1) is 12.1 Å². The van der Waals surface area contributed by atoms with E-state index in [1.807, 2.05) is 24.7 Å². The van der Waals surface area contributed by atoms with Crippen molar-refractivity contribution < 1.29 is 9.90 Å². The standard InChI is InChI=1S/C10H17N3O2/c1-7(2)13-6-8(5-12-13)3-9(4-11)10(14)15/h5-7,9H,3-4,11H2,1-2H3,(H,14,15). The first-order chi connectivity index (χ1) is 7.04. The van der Waals surface area contributed by atoms with Crippen molar-refractivity contribution in [1.82, 2.24) is 9.78 Å². The van der Waals surface area contributed by atoms with Gasteiger partial charge in [0.25, 0.3) is 0 Å². The number of nitrogens with two attached hydrogens (primary N) is 1. The van der Waals surface area contributed by atoms with Crippen LogP contribution in [0.1, 0.15) is 25.5 Å². The SMILES string of the molecule is CC(C)n1cc(CC(CN)C(=O)O)cn1. The van der Waals surface area contributed by atoms with Gasteiger partial charge in [-0.05, 0) is 25.8 Å². The Morgan fingerprint density at radius 1 is 1.67 bits per heavy atom. The smallest absolute Gasteiger partial charge is 0.308 e. The first kappa shape index (κ1) is 11.7. The van der Waals surface area contributed by atoms with Crippen molar-refractivity contribution in [3.8, 4) is 0 Å². The van der Waals surface area contributed by atoms with Crippen molar-refractivity contribution in [3.05, 3.63) is 18.0 Å². The average molecular weight is 211 g/mol. The van der Waals surface area contributed by atoms with Gasteiger partial charge < -0.3 is 10.8 Å². The molecule has 3 N–H and O–H groups in total. The van der Waals surface area contributed by atoms with Crippen molar-refractivity contribution >= 4 is 5.97 Å². The number of hydrogen-bond acceptors (Lipinski definition) is 3. The summed E-state index contributed by atoms with van der Waals surface area (Å²) in [4.78, 5) is 10.8. The minimum Gasteiger partial charge on any atom is -0.481 e. The second-order valence-corrected chi connectivity index (χ2v) is 3.90. The summed E-state index contributed by atoms with van der Waals surface area (Å²) in [5, 5.41) is 13.0. The van der Waals surface area contributed by atoms with Crippen LogP contribution in [-0.4, -0.2) is 27.4 Å². The zero-order valence-electron chi connectivity index (χ0n) is 9.05. The van der Waals surface area contributed by atoms with Crippen LogP contribution in [0.15, 0.2) is 12.4 Å². The van der Waals surface area contributed by atoms with E-state index >= 15 is 0 Å². The Hall–Kier alpha value is -1.36. The Balaban J connectivity index is 2.67. The molecule has 1 aromatic heterocycles. The van der Waals surface area contributed by atoms with Crippen LogP contribution in [0.25, 0.3) is 0 Å². The molecule has 0 bridgehead atoms. The third-order valence-corrected chi connectivity index (χ3v) is 2.30. The van der Waals surface area contributed by atoms with Crippen molar-refractivity contribution in [1.29, 1.82) is 0 Å². The van der Waals surface area contributed by atoms with E-state index in [0.717, 1.165) is 5.56 Å². The lowest BCUT2D eigenvalue weighted by atomic mass is 10.0. The summed E-state index contributed by atoms with van der Waals surface area (Å²) < 4.78 is 1.81. The van der Waals surface area contributed by atoms with Crippen LogP contribution in [0.4, 0.5) is 0 Å². The maximum absolute atomic E-state index is 10.8. The summed E-state index contributed by atoms with van der Waals surface area (Å²) >= 11 is 0. The van der Waals surface area contributed by atoms with Crippen LogP contribution in [0.2, 0.25) is 0 Å². The maximum Gasteiger partial charge on any atom is 0.308 e. The summed E-state index contributed by atoms with van der Waals surface area (Å²) in [7, 11) is 0. The molecule has 1 heterocycles. The lowest BCUT2D eigenvalue weighted by Crippen LogP contribution is -2.25. The molecule has 0 fully saturated rings. The van der Waals surface area contributed by atoms with Gasteiger partial charge in [-0.15, -0.1) is 0 Å². The lowest BCUT2D eigenvalue weighted by molar-refractivity contribution is -0.141. The highest BCUT2D eigenvalue weighted by molar-refractivity contribution is 5.70. The largest absolute Gasteiger partial charge is 0.481 e. The fourth-order valence-electron chi connectivity index (χ4n) is 1.32. The molecule has 0 saturated carbocycles. The van der Waals surface area contributed by atoms with Crippen LogP contribution in [0.5, 0.6) is 0 Å². The number of hydrogen-bond donors (Lipinski definition) is 2. The van der Waals surface area contributed by atoms with E-state index in [-0.39, 0.29) is 6.54 Å². The number of nitrogens with zero attached hydrogens (tertiary/aromatic N) is 2. The molecule has 0 saturated heterocycles. The van der Waals surface area contributed by atoms with Crippen LogP contribution >= 0.6 is 0 Å². The number of aliphatic carboxylic acids is 1. The van der Waals surface area contributed by atoms with Gasteiger partial charge in [0.15, 0.2) is 0 Å². The fourth-order valence-corrected chi connectivity index (χ4v) is 1.32. The Labute approximate surface area is 88.9 Å². The van der Waals surface area contributed by atoms with Crippen LogP contribution in [0.3, 0.4) is 0 Å². The molecule has 0 spiro atoms. The van der Waals surface area contributed by atoms with Gasteiger partial charge in [0, 0.05) is 18.8 Å². The zero-order valence-corrected chi connectivity index (χ0v) is 9.05. The Morgan fingerprint density at radius 2 is 2.33 bits per heavy atom. The number of rotatable bonds is 5. The average Bonchev–Trinajstić information content (AvgIpc) is 2.61. The van der Waals surface area contributed by atoms with Gasteiger partial charge in [-0.1, -0.05) is 0 Å². The number of carbonyl (C=O) groups is 1. The van der Waals surface area contributed by atoms with Crippen molar-refractivity contribution in [2.45, 2.75) is 26.3 Å². The topological polar surface area (TPSA) is 81.1 Å². The quantitative estimate of drug-likeness (QED) is 0.750. The van der Waals surface area contributed by atoms with E-state index in [0.29, 0.717) is 12.5 Å². The van der Waals surface area contributed by atoms with Gasteiger partial charge in [0.1, 0.15) is 0 Å². The molecule has 0 aliphatic heterocycles. The molecule has 0 radical (unpaired) electrons. The third kappa shape index (κ3) is 3.06. The van der Waals surface area contributed by atoms with Crippen molar-refractivity contribution in [3.63, 3.8) is 0 Å². The minimum absolute atomic E-state index is 0.155. The van der Waals surface area contributed by atoms with Crippen LogP contribution < -0.4 is 5.73 Å². The van der Waals surface area contributed by atoms with Gasteiger partial charge in [0.2, 0.25) is 0 Å². The first-order valence-electron chi connectivity index (χ1n) is 5.00. The predicted molar refractivity (Wildman–Crippen MR) is 56.5 cm³/mol. The molecule has 1 unspecified atom stereocenters. The molecule has 5 nitrogen and oxygen atoms in total. The summed E-state index contributed by atoms with van der Waals surface area (Å²) in [5.41, 5.74) is 6.30. The zero-order chi connectivity index (χ0) is 11.4. The summed E-state index contributed by atoms with van der Waals surface area (Å²) in [5.74, 6) is -1.37. The lowest BCUT2D eigenvalue weighted by Gasteiger charge is -2.07. The molecular formula is C10H17N3O2. The van der Waals surface area contributed by atoms with Crippen molar-refractivity contribution in [2.24, 2.45) is 11.7 Å². The van der Waals surface area contributed by atoms with Gasteiger partial charge in [-0.25, -0.2) is 0 Å². The molecule has 0 amide bonds. The predicted octanol–water partition coefficient (Wildman–Crippen LogP) is 0.666. The molecule has 1 rings (SSSR count). The Morgan fingerprint density at radius 3 is 2.73 bits per heavy atom. The van der Waals surface area contributed by atoms with E-state index in [4.69, 9.17) is 10.8 Å². The molecule has 0 aliphatic carbocycles. The minimum atomic E-state index is -0.852. The van der Waals surface area contributed by atoms with Gasteiger partial charge >= 0.3 is 5.97 Å². The van der Waals surface area contributed by atoms with E-state index in [2.05, 4.69) is 5.10 Å². The molecule has 1 atom stereocenters. The third-order valence-electron chi connectivity index (χ3n) is 2.30. The molecule has 0 aromatic carbocycles. The second kappa shape index (κ2) is 4.93. The Kier molecular flexibility index (Phi) is 3.85. The molecule has 0 aliphatic rings. The van der Waals surface area contributed by atoms with Gasteiger partial charge in [-0.2, -0.15) is 5.10 Å². The molecule has 1 aromatic rings. The first-order valence-corrected chi connectivity index (χ1v) is 5.00. The van der Waals surface area contributed by atoms with Gasteiger partial charge in [-0.3, -0.25) is 9.48 Å². The van der Waals surface area contributed by atoms with E-state index in [1.54, 1.807) is 6.20 Å². The molecule has 5 heteroatoms. The second-order valence-electron chi connectivity index (χ2n) is 3.90. The number of carboxylic acids is 1. The summed E-state index contributed by atoms with van der Waals surface area (Å²) in [6, 6.07) is 0.292. The van der Waals surface area contributed by atoms with Crippen LogP contribution in [0, 0.1) is 5.92 Å². The molecule has 84 valence electrons. The van der Waals surface area contributed by atoms with E-state index < -0.39 is 11.9 Å². The Bertz CT molecular complexity index is 333. The highest BCUT2D eigenvalue weighted by atomic mass is 16.4. The molecule has 15 heavy (non-hydrogen) atoms. The highest BCUT2D eigenvalue weighted by Gasteiger charge is 2.16. The number of aromatic nitrogens is 2. The highest BCUT2D eigenvalue weighted by Crippen LogP contribution is 2.10. The summed E-state index contributed by atoms with van der Waals surface area (Å²) in [6.45, 7) is 4.20. The maximum atomic E-state index is 10.8.